The van der Waals surface area contributed by atoms with Crippen LogP contribution in [-0.2, 0) is 16.2 Å². The number of methoxy groups -OCH3 is 1. The lowest BCUT2D eigenvalue weighted by Crippen LogP contribution is -2.29. The Kier molecular flexibility index (Phi) is 8.17. The number of amides is 1. The zero-order valence-electron chi connectivity index (χ0n) is 15.7. The smallest absolute Gasteiger partial charge is 0.273 e. The van der Waals surface area contributed by atoms with E-state index in [1.165, 1.54) is 14.2 Å². The molecule has 2 aromatic rings. The Morgan fingerprint density at radius 3 is 2.54 bits per heavy atom. The fourth-order valence-electron chi connectivity index (χ4n) is 2.48. The van der Waals surface area contributed by atoms with Gasteiger partial charge in [-0.05, 0) is 29.3 Å². The molecule has 6 nitrogen and oxygen atoms in total. The summed E-state index contributed by atoms with van der Waals surface area (Å²) in [6.07, 6.45) is 1.60. The number of hydrogen-bond acceptors (Lipinski definition) is 5. The van der Waals surface area contributed by atoms with Crippen molar-refractivity contribution in [2.24, 2.45) is 5.16 Å². The molecule has 0 saturated carbocycles. The normalized spacial score (nSPS) is 10.8. The molecular formula is C20H20Cl2N2O4. The van der Waals surface area contributed by atoms with E-state index < -0.39 is 0 Å². The highest BCUT2D eigenvalue weighted by molar-refractivity contribution is 6.57. The lowest BCUT2D eigenvalue weighted by molar-refractivity contribution is -0.114. The second-order valence-electron chi connectivity index (χ2n) is 5.49. The number of benzene rings is 2. The summed E-state index contributed by atoms with van der Waals surface area (Å²) in [7, 11) is 4.46. The highest BCUT2D eigenvalue weighted by Crippen LogP contribution is 2.30. The Morgan fingerprint density at radius 1 is 1.14 bits per heavy atom. The van der Waals surface area contributed by atoms with Crippen LogP contribution in [0, 0.1) is 0 Å². The maximum absolute atomic E-state index is 12.2. The van der Waals surface area contributed by atoms with Crippen molar-refractivity contribution in [1.82, 2.24) is 5.32 Å². The van der Waals surface area contributed by atoms with Crippen LogP contribution in [0.2, 0.25) is 0 Å². The first-order valence-corrected chi connectivity index (χ1v) is 9.00. The quantitative estimate of drug-likeness (QED) is 0.512. The number of oxime groups is 1. The number of ether oxygens (including phenoxy) is 2. The average Bonchev–Trinajstić information content (AvgIpc) is 2.70. The second-order valence-corrected chi connectivity index (χ2v) is 6.50. The molecule has 0 aliphatic heterocycles. The molecule has 0 aliphatic rings. The molecule has 0 bridgehead atoms. The number of rotatable bonds is 8. The van der Waals surface area contributed by atoms with Crippen molar-refractivity contribution in [3.05, 3.63) is 63.6 Å². The van der Waals surface area contributed by atoms with Crippen molar-refractivity contribution in [2.45, 2.75) is 6.61 Å². The first-order valence-electron chi connectivity index (χ1n) is 8.25. The van der Waals surface area contributed by atoms with Gasteiger partial charge in [0.25, 0.3) is 5.91 Å². The molecule has 0 heterocycles. The van der Waals surface area contributed by atoms with Gasteiger partial charge in [0.1, 0.15) is 18.2 Å². The molecule has 0 unspecified atom stereocenters. The minimum absolute atomic E-state index is 0.132. The summed E-state index contributed by atoms with van der Waals surface area (Å²) in [4.78, 5) is 17.0. The molecule has 0 saturated heterocycles. The summed E-state index contributed by atoms with van der Waals surface area (Å²) in [6, 6.07) is 12.6. The summed E-state index contributed by atoms with van der Waals surface area (Å²) in [6.45, 7) is 0.175. The van der Waals surface area contributed by atoms with E-state index in [-0.39, 0.29) is 22.7 Å². The van der Waals surface area contributed by atoms with E-state index in [0.717, 1.165) is 11.1 Å². The highest BCUT2D eigenvalue weighted by Gasteiger charge is 2.18. The third kappa shape index (κ3) is 5.65. The third-order valence-corrected chi connectivity index (χ3v) is 3.96. The van der Waals surface area contributed by atoms with Gasteiger partial charge in [0, 0.05) is 12.6 Å². The molecule has 2 rings (SSSR count). The van der Waals surface area contributed by atoms with Gasteiger partial charge < -0.3 is 19.6 Å². The minimum atomic E-state index is -0.365. The molecule has 8 heteroatoms. The van der Waals surface area contributed by atoms with Crippen LogP contribution in [-0.4, -0.2) is 32.9 Å². The predicted octanol–water partition coefficient (Wildman–Crippen LogP) is 4.15. The lowest BCUT2D eigenvalue weighted by atomic mass is 10.0. The van der Waals surface area contributed by atoms with Crippen LogP contribution in [0.25, 0.3) is 6.08 Å². The zero-order valence-corrected chi connectivity index (χ0v) is 17.2. The van der Waals surface area contributed by atoms with Gasteiger partial charge >= 0.3 is 0 Å². The second kappa shape index (κ2) is 10.6. The van der Waals surface area contributed by atoms with Gasteiger partial charge in [-0.3, -0.25) is 4.79 Å². The first kappa shape index (κ1) is 21.6. The van der Waals surface area contributed by atoms with Crippen LogP contribution in [0.3, 0.4) is 0 Å². The molecule has 2 aromatic carbocycles. The van der Waals surface area contributed by atoms with Crippen molar-refractivity contribution in [3.63, 3.8) is 0 Å². The SMILES string of the molecule is CNC(=O)C(=NOC)c1ccccc1COc1cc(C=C(Cl)Cl)ccc1OC. The third-order valence-electron chi connectivity index (χ3n) is 3.74. The predicted molar refractivity (Wildman–Crippen MR) is 111 cm³/mol. The number of carbonyl (C=O) groups is 1. The van der Waals surface area contributed by atoms with Gasteiger partial charge in [0.15, 0.2) is 17.2 Å². The molecule has 28 heavy (non-hydrogen) atoms. The molecule has 0 atom stereocenters. The summed E-state index contributed by atoms with van der Waals surface area (Å²) in [5, 5.41) is 6.40. The zero-order chi connectivity index (χ0) is 20.5. The molecule has 0 fully saturated rings. The van der Waals surface area contributed by atoms with Gasteiger partial charge in [-0.1, -0.05) is 58.7 Å². The van der Waals surface area contributed by atoms with Gasteiger partial charge in [-0.2, -0.15) is 0 Å². The molecule has 1 amide bonds. The minimum Gasteiger partial charge on any atom is -0.493 e. The first-order chi connectivity index (χ1) is 13.5. The standard InChI is InChI=1S/C20H20Cl2N2O4/c1-23-20(25)19(24-27-3)15-7-5-4-6-14(15)12-28-17-10-13(11-18(21)22)8-9-16(17)26-2/h4-11H,12H2,1-3H3,(H,23,25). The van der Waals surface area contributed by atoms with Crippen LogP contribution >= 0.6 is 23.2 Å². The van der Waals surface area contributed by atoms with E-state index in [1.54, 1.807) is 43.5 Å². The number of nitrogens with zero attached hydrogens (tertiary/aromatic N) is 1. The van der Waals surface area contributed by atoms with Crippen LogP contribution in [0.1, 0.15) is 16.7 Å². The van der Waals surface area contributed by atoms with Gasteiger partial charge in [-0.25, -0.2) is 0 Å². The molecule has 0 radical (unpaired) electrons. The summed E-state index contributed by atoms with van der Waals surface area (Å²) >= 11 is 11.5. The fourth-order valence-corrected chi connectivity index (χ4v) is 2.73. The Bertz CT molecular complexity index is 894. The van der Waals surface area contributed by atoms with Crippen molar-refractivity contribution in [2.75, 3.05) is 21.3 Å². The van der Waals surface area contributed by atoms with E-state index in [0.29, 0.717) is 17.1 Å². The molecular weight excluding hydrogens is 403 g/mol. The van der Waals surface area contributed by atoms with Gasteiger partial charge in [0.2, 0.25) is 0 Å². The Labute approximate surface area is 173 Å². The van der Waals surface area contributed by atoms with Crippen molar-refractivity contribution in [3.8, 4) is 11.5 Å². The van der Waals surface area contributed by atoms with Crippen molar-refractivity contribution >= 4 is 40.9 Å². The van der Waals surface area contributed by atoms with Crippen molar-refractivity contribution < 1.29 is 19.1 Å². The summed E-state index contributed by atoms with van der Waals surface area (Å²) in [5.74, 6) is 0.694. The lowest BCUT2D eigenvalue weighted by Gasteiger charge is -2.14. The van der Waals surface area contributed by atoms with E-state index in [4.69, 9.17) is 37.5 Å². The number of nitrogens with one attached hydrogen (secondary N) is 1. The van der Waals surface area contributed by atoms with Crippen LogP contribution in [0.5, 0.6) is 11.5 Å². The molecule has 0 spiro atoms. The average molecular weight is 423 g/mol. The van der Waals surface area contributed by atoms with Crippen LogP contribution in [0.4, 0.5) is 0 Å². The maximum atomic E-state index is 12.2. The van der Waals surface area contributed by atoms with E-state index in [1.807, 2.05) is 12.1 Å². The number of likely N-dealkylation sites (N-methyl/N-ethyl adjacent to an activating group) is 1. The molecule has 148 valence electrons. The topological polar surface area (TPSA) is 69.2 Å². The van der Waals surface area contributed by atoms with E-state index >= 15 is 0 Å². The monoisotopic (exact) mass is 422 g/mol. The number of hydrogen-bond donors (Lipinski definition) is 1. The Hall–Kier alpha value is -2.70. The van der Waals surface area contributed by atoms with Crippen LogP contribution in [0.15, 0.2) is 52.1 Å². The van der Waals surface area contributed by atoms with Gasteiger partial charge in [0.05, 0.1) is 7.11 Å². The maximum Gasteiger partial charge on any atom is 0.273 e. The van der Waals surface area contributed by atoms with Gasteiger partial charge in [-0.15, -0.1) is 0 Å². The van der Waals surface area contributed by atoms with Crippen molar-refractivity contribution in [1.29, 1.82) is 0 Å². The largest absolute Gasteiger partial charge is 0.493 e. The molecule has 1 N–H and O–H groups in total. The van der Waals surface area contributed by atoms with E-state index in [2.05, 4.69) is 10.5 Å². The number of carbonyl (C=O) groups excluding carboxylic acids is 1. The summed E-state index contributed by atoms with van der Waals surface area (Å²) in [5.41, 5.74) is 2.26. The fraction of sp³-hybridized carbons (Fsp3) is 0.200. The summed E-state index contributed by atoms with van der Waals surface area (Å²) < 4.78 is 11.4. The number of halogens is 2. The molecule has 0 aromatic heterocycles. The Balaban J connectivity index is 2.34. The van der Waals surface area contributed by atoms with Crippen LogP contribution < -0.4 is 14.8 Å². The Morgan fingerprint density at radius 2 is 1.89 bits per heavy atom. The molecule has 0 aliphatic carbocycles. The van der Waals surface area contributed by atoms with E-state index in [9.17, 15) is 4.79 Å². The highest BCUT2D eigenvalue weighted by atomic mass is 35.5.